The summed E-state index contributed by atoms with van der Waals surface area (Å²) in [5.41, 5.74) is 2.30. The Hall–Kier alpha value is -2.67. The molecule has 1 aromatic heterocycles. The molecule has 2 amide bonds. The minimum Gasteiger partial charge on any atom is -0.337 e. The lowest BCUT2D eigenvalue weighted by Gasteiger charge is -2.34. The maximum Gasteiger partial charge on any atom is 0.313 e. The average molecular weight is 374 g/mol. The topological polar surface area (TPSA) is 78.4 Å². The fourth-order valence-corrected chi connectivity index (χ4v) is 3.32. The molecular formula is C18H20ClN5O2. The van der Waals surface area contributed by atoms with E-state index in [-0.39, 0.29) is 0 Å². The maximum atomic E-state index is 12.5. The Balaban J connectivity index is 1.61. The van der Waals surface area contributed by atoms with Crippen molar-refractivity contribution >= 4 is 35.1 Å². The van der Waals surface area contributed by atoms with Crippen LogP contribution in [0.25, 0.3) is 0 Å². The number of amides is 2. The molecule has 2 heterocycles. The first-order valence-electron chi connectivity index (χ1n) is 8.34. The number of halogens is 1. The van der Waals surface area contributed by atoms with E-state index in [2.05, 4.69) is 15.3 Å². The molecule has 1 saturated heterocycles. The lowest BCUT2D eigenvalue weighted by atomic mass is 10.1. The zero-order valence-corrected chi connectivity index (χ0v) is 15.5. The number of carbonyl (C=O) groups is 2. The summed E-state index contributed by atoms with van der Waals surface area (Å²) >= 11 is 6.20. The summed E-state index contributed by atoms with van der Waals surface area (Å²) < 4.78 is 0. The third-order valence-corrected chi connectivity index (χ3v) is 4.56. The van der Waals surface area contributed by atoms with Gasteiger partial charge in [-0.25, -0.2) is 9.97 Å². The minimum absolute atomic E-state index is 0.426. The zero-order valence-electron chi connectivity index (χ0n) is 14.7. The Bertz CT molecular complexity index is 797. The van der Waals surface area contributed by atoms with Crippen LogP contribution in [0.2, 0.25) is 5.02 Å². The third-order valence-electron chi connectivity index (χ3n) is 4.27. The molecule has 0 bridgehead atoms. The van der Waals surface area contributed by atoms with Gasteiger partial charge in [0.05, 0.1) is 10.7 Å². The van der Waals surface area contributed by atoms with Crippen molar-refractivity contribution in [3.05, 3.63) is 46.7 Å². The van der Waals surface area contributed by atoms with Crippen LogP contribution in [0.3, 0.4) is 0 Å². The molecule has 136 valence electrons. The molecule has 2 aromatic rings. The molecule has 0 unspecified atom stereocenters. The van der Waals surface area contributed by atoms with Crippen molar-refractivity contribution in [2.45, 2.75) is 13.8 Å². The monoisotopic (exact) mass is 373 g/mol. The summed E-state index contributed by atoms with van der Waals surface area (Å²) in [6.45, 7) is 5.79. The van der Waals surface area contributed by atoms with Gasteiger partial charge in [-0.3, -0.25) is 9.59 Å². The van der Waals surface area contributed by atoms with E-state index in [0.717, 1.165) is 11.1 Å². The second kappa shape index (κ2) is 7.70. The number of hydrogen-bond acceptors (Lipinski definition) is 5. The van der Waals surface area contributed by atoms with Crippen LogP contribution in [0.5, 0.6) is 0 Å². The Morgan fingerprint density at radius 2 is 1.73 bits per heavy atom. The molecule has 0 aliphatic carbocycles. The number of hydrogen-bond donors (Lipinski definition) is 1. The van der Waals surface area contributed by atoms with E-state index in [1.165, 1.54) is 4.90 Å². The van der Waals surface area contributed by atoms with Gasteiger partial charge in [-0.15, -0.1) is 0 Å². The molecule has 0 saturated carbocycles. The van der Waals surface area contributed by atoms with Crippen LogP contribution < -0.4 is 10.2 Å². The van der Waals surface area contributed by atoms with Gasteiger partial charge in [-0.05, 0) is 37.1 Å². The number of aryl methyl sites for hydroxylation is 2. The Morgan fingerprint density at radius 3 is 2.35 bits per heavy atom. The van der Waals surface area contributed by atoms with Crippen molar-refractivity contribution in [1.29, 1.82) is 0 Å². The summed E-state index contributed by atoms with van der Waals surface area (Å²) in [6.07, 6.45) is 3.36. The number of aromatic nitrogens is 2. The van der Waals surface area contributed by atoms with Gasteiger partial charge in [0.15, 0.2) is 0 Å². The van der Waals surface area contributed by atoms with Crippen LogP contribution in [-0.4, -0.2) is 52.9 Å². The van der Waals surface area contributed by atoms with Gasteiger partial charge in [0.25, 0.3) is 0 Å². The molecule has 0 spiro atoms. The van der Waals surface area contributed by atoms with Crippen molar-refractivity contribution in [1.82, 2.24) is 14.9 Å². The third kappa shape index (κ3) is 3.94. The predicted molar refractivity (Wildman–Crippen MR) is 100 cm³/mol. The van der Waals surface area contributed by atoms with E-state index in [1.54, 1.807) is 24.5 Å². The van der Waals surface area contributed by atoms with Crippen LogP contribution in [-0.2, 0) is 9.59 Å². The fraction of sp³-hybridized carbons (Fsp3) is 0.333. The summed E-state index contributed by atoms with van der Waals surface area (Å²) in [5, 5.41) is 3.07. The van der Waals surface area contributed by atoms with Crippen molar-refractivity contribution in [3.8, 4) is 0 Å². The van der Waals surface area contributed by atoms with Crippen molar-refractivity contribution in [2.24, 2.45) is 0 Å². The maximum absolute atomic E-state index is 12.5. The molecule has 3 rings (SSSR count). The highest BCUT2D eigenvalue weighted by Crippen LogP contribution is 2.27. The largest absolute Gasteiger partial charge is 0.337 e. The molecule has 1 aliphatic heterocycles. The molecule has 7 nitrogen and oxygen atoms in total. The second-order valence-electron chi connectivity index (χ2n) is 6.22. The lowest BCUT2D eigenvalue weighted by Crippen LogP contribution is -2.52. The minimum atomic E-state index is -0.678. The quantitative estimate of drug-likeness (QED) is 0.815. The first kappa shape index (κ1) is 18.1. The van der Waals surface area contributed by atoms with E-state index in [0.29, 0.717) is 42.8 Å². The Kier molecular flexibility index (Phi) is 5.37. The smallest absolute Gasteiger partial charge is 0.313 e. The molecular weight excluding hydrogens is 354 g/mol. The van der Waals surface area contributed by atoms with Crippen LogP contribution in [0.4, 0.5) is 11.6 Å². The van der Waals surface area contributed by atoms with Gasteiger partial charge in [0, 0.05) is 38.6 Å². The average Bonchev–Trinajstić information content (AvgIpc) is 2.64. The summed E-state index contributed by atoms with van der Waals surface area (Å²) in [5.74, 6) is -0.607. The van der Waals surface area contributed by atoms with Gasteiger partial charge in [0.1, 0.15) is 0 Å². The molecule has 8 heteroatoms. The number of rotatable bonds is 2. The number of piperazine rings is 1. The number of anilines is 2. The van der Waals surface area contributed by atoms with Gasteiger partial charge in [-0.1, -0.05) is 17.7 Å². The Morgan fingerprint density at radius 1 is 1.08 bits per heavy atom. The lowest BCUT2D eigenvalue weighted by molar-refractivity contribution is -0.143. The molecule has 1 N–H and O–H groups in total. The summed E-state index contributed by atoms with van der Waals surface area (Å²) in [4.78, 5) is 36.7. The van der Waals surface area contributed by atoms with Gasteiger partial charge in [0.2, 0.25) is 5.95 Å². The van der Waals surface area contributed by atoms with Crippen LogP contribution in [0, 0.1) is 13.8 Å². The van der Waals surface area contributed by atoms with E-state index in [1.807, 2.05) is 24.8 Å². The number of carbonyl (C=O) groups excluding carboxylic acids is 2. The molecule has 1 aliphatic rings. The van der Waals surface area contributed by atoms with Gasteiger partial charge in [-0.2, -0.15) is 0 Å². The van der Waals surface area contributed by atoms with Crippen molar-refractivity contribution in [3.63, 3.8) is 0 Å². The molecule has 26 heavy (non-hydrogen) atoms. The fourth-order valence-electron chi connectivity index (χ4n) is 2.95. The van der Waals surface area contributed by atoms with Crippen molar-refractivity contribution < 1.29 is 9.59 Å². The molecule has 1 aromatic carbocycles. The highest BCUT2D eigenvalue weighted by atomic mass is 35.5. The SMILES string of the molecule is Cc1cc(C)c(NC(=O)C(=O)N2CCN(c3ncccn3)CC2)c(Cl)c1. The predicted octanol–water partition coefficient (Wildman–Crippen LogP) is 2.03. The normalized spacial score (nSPS) is 14.3. The number of nitrogens with one attached hydrogen (secondary N) is 1. The number of benzene rings is 1. The standard InChI is InChI=1S/C18H20ClN5O2/c1-12-10-13(2)15(14(19)11-12)22-16(25)17(26)23-6-8-24(9-7-23)18-20-4-3-5-21-18/h3-5,10-11H,6-9H2,1-2H3,(H,22,25). The van der Waals surface area contributed by atoms with E-state index < -0.39 is 11.8 Å². The molecule has 0 radical (unpaired) electrons. The van der Waals surface area contributed by atoms with Crippen LogP contribution in [0.15, 0.2) is 30.6 Å². The van der Waals surface area contributed by atoms with Gasteiger partial charge < -0.3 is 15.1 Å². The Labute approximate surface area is 157 Å². The first-order valence-corrected chi connectivity index (χ1v) is 8.72. The highest BCUT2D eigenvalue weighted by molar-refractivity contribution is 6.41. The van der Waals surface area contributed by atoms with Gasteiger partial charge >= 0.3 is 11.8 Å². The first-order chi connectivity index (χ1) is 12.5. The zero-order chi connectivity index (χ0) is 18.7. The number of nitrogens with zero attached hydrogens (tertiary/aromatic N) is 4. The van der Waals surface area contributed by atoms with E-state index >= 15 is 0 Å². The van der Waals surface area contributed by atoms with Crippen LogP contribution in [0.1, 0.15) is 11.1 Å². The van der Waals surface area contributed by atoms with Crippen LogP contribution >= 0.6 is 11.6 Å². The summed E-state index contributed by atoms with van der Waals surface area (Å²) in [6, 6.07) is 5.42. The van der Waals surface area contributed by atoms with E-state index in [4.69, 9.17) is 11.6 Å². The molecule has 1 fully saturated rings. The van der Waals surface area contributed by atoms with Crippen molar-refractivity contribution in [2.75, 3.05) is 36.4 Å². The summed E-state index contributed by atoms with van der Waals surface area (Å²) in [7, 11) is 0. The highest BCUT2D eigenvalue weighted by Gasteiger charge is 2.27. The second-order valence-corrected chi connectivity index (χ2v) is 6.63. The van der Waals surface area contributed by atoms with E-state index in [9.17, 15) is 9.59 Å². The molecule has 0 atom stereocenters.